The first-order valence-corrected chi connectivity index (χ1v) is 9.78. The van der Waals surface area contributed by atoms with Crippen LogP contribution < -0.4 is 15.1 Å². The molecule has 0 aromatic heterocycles. The molecule has 0 heterocycles. The first-order valence-electron chi connectivity index (χ1n) is 9.78. The van der Waals surface area contributed by atoms with Crippen molar-refractivity contribution in [3.05, 3.63) is 53.1 Å². The molecule has 0 spiro atoms. The number of aryl methyl sites for hydroxylation is 3. The van der Waals surface area contributed by atoms with Crippen LogP contribution in [0.25, 0.3) is 0 Å². The summed E-state index contributed by atoms with van der Waals surface area (Å²) in [7, 11) is 0. The van der Waals surface area contributed by atoms with Gasteiger partial charge in [-0.1, -0.05) is 18.2 Å². The van der Waals surface area contributed by atoms with Gasteiger partial charge in [0, 0.05) is 37.1 Å². The summed E-state index contributed by atoms with van der Waals surface area (Å²) in [5, 5.41) is 2.96. The molecule has 2 rings (SSSR count). The van der Waals surface area contributed by atoms with Crippen molar-refractivity contribution < 1.29 is 9.59 Å². The van der Waals surface area contributed by atoms with Crippen LogP contribution in [0.15, 0.2) is 36.4 Å². The third-order valence-electron chi connectivity index (χ3n) is 5.03. The zero-order valence-electron chi connectivity index (χ0n) is 17.8. The fourth-order valence-corrected chi connectivity index (χ4v) is 3.43. The number of nitrogens with zero attached hydrogens (tertiary/aromatic N) is 2. The number of hydrogen-bond acceptors (Lipinski definition) is 3. The summed E-state index contributed by atoms with van der Waals surface area (Å²) in [6.45, 7) is 13.4. The first kappa shape index (κ1) is 21.5. The van der Waals surface area contributed by atoms with Gasteiger partial charge in [-0.25, -0.2) is 0 Å². The highest BCUT2D eigenvalue weighted by Crippen LogP contribution is 2.26. The molecule has 5 nitrogen and oxygen atoms in total. The smallest absolute Gasteiger partial charge is 0.244 e. The van der Waals surface area contributed by atoms with Gasteiger partial charge in [0.1, 0.15) is 6.54 Å². The molecule has 0 aliphatic rings. The molecule has 2 aromatic rings. The molecular formula is C23H31N3O2. The summed E-state index contributed by atoms with van der Waals surface area (Å²) < 4.78 is 0. The number of anilines is 3. The Hall–Kier alpha value is -2.82. The van der Waals surface area contributed by atoms with Gasteiger partial charge in [0.2, 0.25) is 11.8 Å². The van der Waals surface area contributed by atoms with E-state index >= 15 is 0 Å². The summed E-state index contributed by atoms with van der Waals surface area (Å²) in [4.78, 5) is 28.7. The Kier molecular flexibility index (Phi) is 7.21. The molecule has 0 bridgehead atoms. The molecule has 1 N–H and O–H groups in total. The maximum atomic E-state index is 12.7. The Labute approximate surface area is 168 Å². The van der Waals surface area contributed by atoms with Crippen molar-refractivity contribution in [3.63, 3.8) is 0 Å². The lowest BCUT2D eigenvalue weighted by Crippen LogP contribution is -2.37. The monoisotopic (exact) mass is 381 g/mol. The lowest BCUT2D eigenvalue weighted by Gasteiger charge is -2.26. The zero-order valence-corrected chi connectivity index (χ0v) is 17.8. The van der Waals surface area contributed by atoms with E-state index in [1.165, 1.54) is 11.8 Å². The number of nitrogens with one attached hydrogen (secondary N) is 1. The van der Waals surface area contributed by atoms with Crippen LogP contribution >= 0.6 is 0 Å². The summed E-state index contributed by atoms with van der Waals surface area (Å²) in [6.07, 6.45) is 0. The lowest BCUT2D eigenvalue weighted by molar-refractivity contribution is -0.120. The molecule has 0 radical (unpaired) electrons. The largest absolute Gasteiger partial charge is 0.372 e. The van der Waals surface area contributed by atoms with E-state index in [9.17, 15) is 9.59 Å². The summed E-state index contributed by atoms with van der Waals surface area (Å²) in [6, 6.07) is 11.9. The molecule has 2 aromatic carbocycles. The summed E-state index contributed by atoms with van der Waals surface area (Å²) in [5.74, 6) is -0.366. The molecule has 0 atom stereocenters. The van der Waals surface area contributed by atoms with E-state index in [-0.39, 0.29) is 18.4 Å². The molecule has 150 valence electrons. The van der Waals surface area contributed by atoms with Gasteiger partial charge < -0.3 is 15.1 Å². The SMILES string of the molecule is CCN(CC)c1ccc(N(CC(=O)Nc2c(C)cccc2C)C(C)=O)c(C)c1. The predicted molar refractivity (Wildman–Crippen MR) is 117 cm³/mol. The first-order chi connectivity index (χ1) is 13.3. The number of hydrogen-bond donors (Lipinski definition) is 1. The summed E-state index contributed by atoms with van der Waals surface area (Å²) in [5.41, 5.74) is 5.67. The second kappa shape index (κ2) is 9.40. The number of carbonyl (C=O) groups excluding carboxylic acids is 2. The van der Waals surface area contributed by atoms with Crippen LogP contribution in [0.5, 0.6) is 0 Å². The highest BCUT2D eigenvalue weighted by Gasteiger charge is 2.19. The van der Waals surface area contributed by atoms with E-state index < -0.39 is 0 Å². The van der Waals surface area contributed by atoms with E-state index in [1.807, 2.05) is 51.1 Å². The number of amides is 2. The van der Waals surface area contributed by atoms with Crippen molar-refractivity contribution in [1.29, 1.82) is 0 Å². The van der Waals surface area contributed by atoms with E-state index in [1.54, 1.807) is 0 Å². The van der Waals surface area contributed by atoms with Gasteiger partial charge in [-0.2, -0.15) is 0 Å². The van der Waals surface area contributed by atoms with E-state index in [0.717, 1.165) is 46.8 Å². The van der Waals surface area contributed by atoms with Crippen LogP contribution in [-0.4, -0.2) is 31.4 Å². The maximum absolute atomic E-state index is 12.7. The van der Waals surface area contributed by atoms with Crippen LogP contribution in [0.4, 0.5) is 17.1 Å². The quantitative estimate of drug-likeness (QED) is 0.771. The Morgan fingerprint density at radius 3 is 2.04 bits per heavy atom. The third kappa shape index (κ3) is 4.91. The summed E-state index contributed by atoms with van der Waals surface area (Å²) >= 11 is 0. The molecule has 0 aliphatic heterocycles. The standard InChI is InChI=1S/C23H31N3O2/c1-7-25(8-2)20-12-13-21(18(5)14-20)26(19(6)27)15-22(28)24-23-16(3)10-9-11-17(23)4/h9-14H,7-8,15H2,1-6H3,(H,24,28). The van der Waals surface area contributed by atoms with Crippen LogP contribution in [0.1, 0.15) is 37.5 Å². The van der Waals surface area contributed by atoms with Crippen LogP contribution in [-0.2, 0) is 9.59 Å². The molecule has 0 fully saturated rings. The van der Waals surface area contributed by atoms with E-state index in [4.69, 9.17) is 0 Å². The molecule has 2 amide bonds. The number of para-hydroxylation sites is 1. The van der Waals surface area contributed by atoms with Gasteiger partial charge in [0.25, 0.3) is 0 Å². The highest BCUT2D eigenvalue weighted by atomic mass is 16.2. The van der Waals surface area contributed by atoms with Crippen molar-refractivity contribution >= 4 is 28.9 Å². The molecule has 0 aliphatic carbocycles. The van der Waals surface area contributed by atoms with Gasteiger partial charge in [-0.3, -0.25) is 9.59 Å². The molecule has 0 unspecified atom stereocenters. The number of benzene rings is 2. The highest BCUT2D eigenvalue weighted by molar-refractivity contribution is 6.02. The molecular weight excluding hydrogens is 350 g/mol. The Morgan fingerprint density at radius 1 is 0.929 bits per heavy atom. The zero-order chi connectivity index (χ0) is 20.8. The third-order valence-corrected chi connectivity index (χ3v) is 5.03. The molecule has 5 heteroatoms. The molecule has 0 saturated heterocycles. The van der Waals surface area contributed by atoms with E-state index in [0.29, 0.717) is 0 Å². The second-order valence-corrected chi connectivity index (χ2v) is 7.06. The minimum absolute atomic E-state index is 0.0193. The van der Waals surface area contributed by atoms with Crippen molar-refractivity contribution in [3.8, 4) is 0 Å². The van der Waals surface area contributed by atoms with Crippen molar-refractivity contribution in [2.45, 2.75) is 41.5 Å². The van der Waals surface area contributed by atoms with Crippen LogP contribution in [0.3, 0.4) is 0 Å². The van der Waals surface area contributed by atoms with Gasteiger partial charge in [-0.05, 0) is 69.5 Å². The minimum atomic E-state index is -0.209. The van der Waals surface area contributed by atoms with Crippen LogP contribution in [0.2, 0.25) is 0 Å². The molecule has 28 heavy (non-hydrogen) atoms. The normalized spacial score (nSPS) is 10.5. The average molecular weight is 382 g/mol. The Morgan fingerprint density at radius 2 is 1.54 bits per heavy atom. The number of rotatable bonds is 7. The fourth-order valence-electron chi connectivity index (χ4n) is 3.43. The predicted octanol–water partition coefficient (Wildman–Crippen LogP) is 4.45. The van der Waals surface area contributed by atoms with Crippen LogP contribution in [0, 0.1) is 20.8 Å². The van der Waals surface area contributed by atoms with Gasteiger partial charge in [-0.15, -0.1) is 0 Å². The topological polar surface area (TPSA) is 52.6 Å². The van der Waals surface area contributed by atoms with Crippen molar-refractivity contribution in [2.24, 2.45) is 0 Å². The Balaban J connectivity index is 2.24. The van der Waals surface area contributed by atoms with Crippen molar-refractivity contribution in [2.75, 3.05) is 34.8 Å². The average Bonchev–Trinajstić information content (AvgIpc) is 2.64. The van der Waals surface area contributed by atoms with Gasteiger partial charge in [0.05, 0.1) is 0 Å². The molecule has 0 saturated carbocycles. The fraction of sp³-hybridized carbons (Fsp3) is 0.391. The minimum Gasteiger partial charge on any atom is -0.372 e. The second-order valence-electron chi connectivity index (χ2n) is 7.06. The lowest BCUT2D eigenvalue weighted by atomic mass is 10.1. The van der Waals surface area contributed by atoms with Gasteiger partial charge >= 0.3 is 0 Å². The van der Waals surface area contributed by atoms with E-state index in [2.05, 4.69) is 30.1 Å². The van der Waals surface area contributed by atoms with Crippen molar-refractivity contribution in [1.82, 2.24) is 0 Å². The maximum Gasteiger partial charge on any atom is 0.244 e. The number of carbonyl (C=O) groups is 2. The van der Waals surface area contributed by atoms with Gasteiger partial charge in [0.15, 0.2) is 0 Å². The Bertz CT molecular complexity index is 837.